The van der Waals surface area contributed by atoms with Crippen molar-refractivity contribution in [1.29, 1.82) is 0 Å². The zero-order valence-electron chi connectivity index (χ0n) is 9.04. The summed E-state index contributed by atoms with van der Waals surface area (Å²) in [5, 5.41) is 4.10. The summed E-state index contributed by atoms with van der Waals surface area (Å²) in [6, 6.07) is 4.26. The molecule has 1 saturated carbocycles. The monoisotopic (exact) mass is 224 g/mol. The Morgan fingerprint density at radius 1 is 1.60 bits per heavy atom. The maximum absolute atomic E-state index is 6.02. The van der Waals surface area contributed by atoms with E-state index < -0.39 is 0 Å². The number of hydrogen-bond acceptors (Lipinski definition) is 2. The van der Waals surface area contributed by atoms with Crippen LogP contribution in [0.15, 0.2) is 18.3 Å². The van der Waals surface area contributed by atoms with E-state index in [1.54, 1.807) is 6.20 Å². The summed E-state index contributed by atoms with van der Waals surface area (Å²) in [6.07, 6.45) is 5.86. The molecule has 1 N–H and O–H groups in total. The van der Waals surface area contributed by atoms with Crippen molar-refractivity contribution in [2.75, 3.05) is 6.54 Å². The van der Waals surface area contributed by atoms with Gasteiger partial charge in [0.2, 0.25) is 0 Å². The summed E-state index contributed by atoms with van der Waals surface area (Å²) in [6.45, 7) is 3.22. The van der Waals surface area contributed by atoms with Crippen LogP contribution in [0.3, 0.4) is 0 Å². The zero-order valence-corrected chi connectivity index (χ0v) is 9.80. The van der Waals surface area contributed by atoms with Gasteiger partial charge in [0.25, 0.3) is 0 Å². The molecule has 2 nitrogen and oxygen atoms in total. The maximum atomic E-state index is 6.02. The van der Waals surface area contributed by atoms with Gasteiger partial charge < -0.3 is 5.32 Å². The van der Waals surface area contributed by atoms with Gasteiger partial charge in [-0.3, -0.25) is 0 Å². The van der Waals surface area contributed by atoms with Crippen LogP contribution in [0.25, 0.3) is 0 Å². The molecule has 1 aliphatic rings. The summed E-state index contributed by atoms with van der Waals surface area (Å²) in [4.78, 5) is 4.08. The largest absolute Gasteiger partial charge is 0.310 e. The van der Waals surface area contributed by atoms with Crippen LogP contribution < -0.4 is 5.32 Å². The molecule has 0 amide bonds. The molecule has 1 heterocycles. The van der Waals surface area contributed by atoms with Crippen molar-refractivity contribution in [2.24, 2.45) is 5.92 Å². The van der Waals surface area contributed by atoms with E-state index in [0.717, 1.165) is 18.0 Å². The molecule has 0 saturated heterocycles. The molecule has 82 valence electrons. The number of halogens is 1. The summed E-state index contributed by atoms with van der Waals surface area (Å²) < 4.78 is 0. The summed E-state index contributed by atoms with van der Waals surface area (Å²) in [5.41, 5.74) is 1.09. The number of aromatic nitrogens is 1. The van der Waals surface area contributed by atoms with E-state index in [1.807, 2.05) is 12.1 Å². The first-order valence-corrected chi connectivity index (χ1v) is 5.99. The van der Waals surface area contributed by atoms with E-state index in [4.69, 9.17) is 11.6 Å². The van der Waals surface area contributed by atoms with Crippen molar-refractivity contribution in [3.05, 3.63) is 29.0 Å². The van der Waals surface area contributed by atoms with E-state index >= 15 is 0 Å². The Morgan fingerprint density at radius 2 is 2.40 bits per heavy atom. The number of pyridine rings is 1. The molecule has 0 spiro atoms. The molecule has 15 heavy (non-hydrogen) atoms. The van der Waals surface area contributed by atoms with Crippen molar-refractivity contribution in [3.63, 3.8) is 0 Å². The normalized spacial score (nSPS) is 17.7. The zero-order chi connectivity index (χ0) is 10.7. The van der Waals surface area contributed by atoms with Gasteiger partial charge in [-0.25, -0.2) is 4.98 Å². The van der Waals surface area contributed by atoms with E-state index in [0.29, 0.717) is 11.2 Å². The van der Waals surface area contributed by atoms with Crippen molar-refractivity contribution in [2.45, 2.75) is 32.2 Å². The van der Waals surface area contributed by atoms with Gasteiger partial charge in [-0.05, 0) is 31.9 Å². The maximum Gasteiger partial charge on any atom is 0.133 e. The predicted molar refractivity (Wildman–Crippen MR) is 63.0 cm³/mol. The summed E-state index contributed by atoms with van der Waals surface area (Å²) in [7, 11) is 0. The lowest BCUT2D eigenvalue weighted by atomic mass is 10.1. The van der Waals surface area contributed by atoms with Crippen LogP contribution in [0.5, 0.6) is 0 Å². The molecule has 3 heteroatoms. The Bertz CT molecular complexity index is 323. The van der Waals surface area contributed by atoms with Crippen LogP contribution in [0.1, 0.15) is 37.8 Å². The van der Waals surface area contributed by atoms with Crippen molar-refractivity contribution in [1.82, 2.24) is 10.3 Å². The lowest BCUT2D eigenvalue weighted by Gasteiger charge is -2.14. The second kappa shape index (κ2) is 4.95. The molecule has 0 aliphatic heterocycles. The highest BCUT2D eigenvalue weighted by Gasteiger charge is 2.20. The third kappa shape index (κ3) is 3.18. The smallest absolute Gasteiger partial charge is 0.133 e. The number of hydrogen-bond donors (Lipinski definition) is 1. The standard InChI is InChI=1S/C12H17ClN2/c1-9(14-8-6-10-4-5-10)11-3-2-7-15-12(11)13/h2-3,7,9-10,14H,4-6,8H2,1H3. The van der Waals surface area contributed by atoms with Crippen LogP contribution in [0.4, 0.5) is 0 Å². The van der Waals surface area contributed by atoms with E-state index in [1.165, 1.54) is 19.3 Å². The summed E-state index contributed by atoms with van der Waals surface area (Å²) >= 11 is 6.02. The van der Waals surface area contributed by atoms with E-state index in [-0.39, 0.29) is 0 Å². The van der Waals surface area contributed by atoms with Gasteiger partial charge in [0.15, 0.2) is 0 Å². The molecule has 2 rings (SSSR count). The highest BCUT2D eigenvalue weighted by molar-refractivity contribution is 6.30. The molecule has 1 atom stereocenters. The molecule has 1 aliphatic carbocycles. The van der Waals surface area contributed by atoms with Gasteiger partial charge in [-0.2, -0.15) is 0 Å². The Balaban J connectivity index is 1.83. The minimum absolute atomic E-state index is 0.296. The van der Waals surface area contributed by atoms with Crippen LogP contribution >= 0.6 is 11.6 Å². The topological polar surface area (TPSA) is 24.9 Å². The molecule has 0 bridgehead atoms. The van der Waals surface area contributed by atoms with Crippen LogP contribution in [0, 0.1) is 5.92 Å². The quantitative estimate of drug-likeness (QED) is 0.778. The van der Waals surface area contributed by atoms with Gasteiger partial charge in [0.1, 0.15) is 5.15 Å². The third-order valence-corrected chi connectivity index (χ3v) is 3.27. The Morgan fingerprint density at radius 3 is 3.07 bits per heavy atom. The Kier molecular flexibility index (Phi) is 3.60. The number of rotatable bonds is 5. The first kappa shape index (κ1) is 10.9. The molecule has 1 fully saturated rings. The van der Waals surface area contributed by atoms with Crippen LogP contribution in [0.2, 0.25) is 5.15 Å². The molecule has 1 aromatic heterocycles. The summed E-state index contributed by atoms with van der Waals surface area (Å²) in [5.74, 6) is 0.981. The molecule has 1 unspecified atom stereocenters. The van der Waals surface area contributed by atoms with Gasteiger partial charge in [0, 0.05) is 17.8 Å². The van der Waals surface area contributed by atoms with E-state index in [9.17, 15) is 0 Å². The van der Waals surface area contributed by atoms with Crippen molar-refractivity contribution in [3.8, 4) is 0 Å². The first-order chi connectivity index (χ1) is 7.27. The highest BCUT2D eigenvalue weighted by Crippen LogP contribution is 2.32. The molecular formula is C12H17ClN2. The van der Waals surface area contributed by atoms with Gasteiger partial charge in [0.05, 0.1) is 0 Å². The molecule has 1 aromatic rings. The molecule has 0 radical (unpaired) electrons. The molecule has 0 aromatic carbocycles. The SMILES string of the molecule is CC(NCCC1CC1)c1cccnc1Cl. The van der Waals surface area contributed by atoms with Crippen LogP contribution in [-0.2, 0) is 0 Å². The average molecular weight is 225 g/mol. The number of nitrogens with one attached hydrogen (secondary N) is 1. The second-order valence-corrected chi connectivity index (χ2v) is 4.65. The van der Waals surface area contributed by atoms with Gasteiger partial charge in [-0.15, -0.1) is 0 Å². The van der Waals surface area contributed by atoms with Crippen molar-refractivity contribution >= 4 is 11.6 Å². The first-order valence-electron chi connectivity index (χ1n) is 5.61. The average Bonchev–Trinajstić information content (AvgIpc) is 3.02. The fourth-order valence-electron chi connectivity index (χ4n) is 1.74. The minimum atomic E-state index is 0.296. The number of nitrogens with zero attached hydrogens (tertiary/aromatic N) is 1. The lowest BCUT2D eigenvalue weighted by Crippen LogP contribution is -2.20. The molecular weight excluding hydrogens is 208 g/mol. The highest BCUT2D eigenvalue weighted by atomic mass is 35.5. The van der Waals surface area contributed by atoms with Gasteiger partial charge in [-0.1, -0.05) is 30.5 Å². The predicted octanol–water partition coefficient (Wildman–Crippen LogP) is 3.19. The van der Waals surface area contributed by atoms with Crippen molar-refractivity contribution < 1.29 is 0 Å². The third-order valence-electron chi connectivity index (χ3n) is 2.95. The lowest BCUT2D eigenvalue weighted by molar-refractivity contribution is 0.539. The minimum Gasteiger partial charge on any atom is -0.310 e. The van der Waals surface area contributed by atoms with Crippen LogP contribution in [-0.4, -0.2) is 11.5 Å². The Hall–Kier alpha value is -0.600. The fourth-order valence-corrected chi connectivity index (χ4v) is 2.02. The Labute approximate surface area is 96.1 Å². The van der Waals surface area contributed by atoms with E-state index in [2.05, 4.69) is 17.2 Å². The van der Waals surface area contributed by atoms with Gasteiger partial charge >= 0.3 is 0 Å². The second-order valence-electron chi connectivity index (χ2n) is 4.29. The fraction of sp³-hybridized carbons (Fsp3) is 0.583.